The van der Waals surface area contributed by atoms with Gasteiger partial charge in [0.05, 0.1) is 0 Å². The Morgan fingerprint density at radius 3 is 2.21 bits per heavy atom. The van der Waals surface area contributed by atoms with Crippen molar-refractivity contribution in [3.63, 3.8) is 0 Å². The number of ether oxygens (including phenoxy) is 1. The van der Waals surface area contributed by atoms with Crippen LogP contribution in [0.25, 0.3) is 11.1 Å². The van der Waals surface area contributed by atoms with Gasteiger partial charge < -0.3 is 4.74 Å². The van der Waals surface area contributed by atoms with Crippen LogP contribution in [0.15, 0.2) is 54.6 Å². The summed E-state index contributed by atoms with van der Waals surface area (Å²) in [5.74, 6) is 0.647. The van der Waals surface area contributed by atoms with Crippen LogP contribution in [0.1, 0.15) is 6.92 Å². The number of nitrogens with zero attached hydrogens (tertiary/aromatic N) is 1. The van der Waals surface area contributed by atoms with E-state index in [0.29, 0.717) is 5.75 Å². The van der Waals surface area contributed by atoms with Crippen molar-refractivity contribution in [2.45, 2.75) is 13.0 Å². The van der Waals surface area contributed by atoms with E-state index in [9.17, 15) is 10.1 Å². The minimum absolute atomic E-state index is 0.0810. The Morgan fingerprint density at radius 2 is 1.63 bits per heavy atom. The van der Waals surface area contributed by atoms with Gasteiger partial charge in [-0.3, -0.25) is 10.1 Å². The van der Waals surface area contributed by atoms with Crippen LogP contribution < -0.4 is 4.74 Å². The van der Waals surface area contributed by atoms with Crippen molar-refractivity contribution in [1.82, 2.24) is 0 Å². The molecule has 0 heterocycles. The number of rotatable bonds is 5. The second-order valence-corrected chi connectivity index (χ2v) is 4.34. The van der Waals surface area contributed by atoms with Crippen LogP contribution in [0, 0.1) is 10.1 Å². The average molecular weight is 257 g/mol. The molecule has 0 aromatic heterocycles. The molecule has 0 N–H and O–H groups in total. The fourth-order valence-corrected chi connectivity index (χ4v) is 1.65. The second kappa shape index (κ2) is 6.00. The van der Waals surface area contributed by atoms with E-state index in [1.54, 1.807) is 0 Å². The summed E-state index contributed by atoms with van der Waals surface area (Å²) in [6.07, 6.45) is 0. The van der Waals surface area contributed by atoms with Crippen LogP contribution in [-0.2, 0) is 0 Å². The van der Waals surface area contributed by atoms with Crippen molar-refractivity contribution in [3.8, 4) is 16.9 Å². The molecule has 4 heteroatoms. The Morgan fingerprint density at radius 1 is 1.05 bits per heavy atom. The van der Waals surface area contributed by atoms with Crippen LogP contribution in [0.3, 0.4) is 0 Å². The van der Waals surface area contributed by atoms with E-state index in [1.165, 1.54) is 6.92 Å². The Hall–Kier alpha value is -2.36. The van der Waals surface area contributed by atoms with Crippen LogP contribution in [-0.4, -0.2) is 17.6 Å². The molecule has 0 radical (unpaired) electrons. The minimum Gasteiger partial charge on any atom is -0.486 e. The SMILES string of the molecule is CC(COc1ccc(-c2ccccc2)cc1)[N+](=O)[O-]. The molecule has 98 valence electrons. The molecule has 1 unspecified atom stereocenters. The molecule has 0 bridgehead atoms. The molecule has 19 heavy (non-hydrogen) atoms. The summed E-state index contributed by atoms with van der Waals surface area (Å²) in [5, 5.41) is 10.5. The van der Waals surface area contributed by atoms with Gasteiger partial charge in [-0.05, 0) is 23.3 Å². The predicted molar refractivity (Wildman–Crippen MR) is 73.8 cm³/mol. The molecule has 2 rings (SSSR count). The summed E-state index contributed by atoms with van der Waals surface area (Å²) in [4.78, 5) is 10.1. The lowest BCUT2D eigenvalue weighted by Gasteiger charge is -2.08. The molecule has 0 aliphatic carbocycles. The molecule has 0 spiro atoms. The maximum atomic E-state index is 10.5. The summed E-state index contributed by atoms with van der Waals surface area (Å²) >= 11 is 0. The maximum absolute atomic E-state index is 10.5. The monoisotopic (exact) mass is 257 g/mol. The molecule has 0 saturated carbocycles. The quantitative estimate of drug-likeness (QED) is 0.609. The van der Waals surface area contributed by atoms with Gasteiger partial charge in [0.15, 0.2) is 6.61 Å². The molecule has 2 aromatic carbocycles. The van der Waals surface area contributed by atoms with Crippen molar-refractivity contribution in [2.75, 3.05) is 6.61 Å². The van der Waals surface area contributed by atoms with Gasteiger partial charge in [0, 0.05) is 11.8 Å². The van der Waals surface area contributed by atoms with Crippen LogP contribution in [0.5, 0.6) is 5.75 Å². The summed E-state index contributed by atoms with van der Waals surface area (Å²) in [6.45, 7) is 1.61. The Kier molecular flexibility index (Phi) is 4.13. The van der Waals surface area contributed by atoms with Crippen molar-refractivity contribution < 1.29 is 9.66 Å². The number of nitro groups is 1. The van der Waals surface area contributed by atoms with Crippen molar-refractivity contribution in [3.05, 3.63) is 64.7 Å². The number of hydrogen-bond acceptors (Lipinski definition) is 3. The van der Waals surface area contributed by atoms with E-state index in [0.717, 1.165) is 11.1 Å². The zero-order valence-corrected chi connectivity index (χ0v) is 10.7. The van der Waals surface area contributed by atoms with Gasteiger partial charge in [-0.15, -0.1) is 0 Å². The third kappa shape index (κ3) is 3.55. The lowest BCUT2D eigenvalue weighted by atomic mass is 10.1. The summed E-state index contributed by atoms with van der Waals surface area (Å²) in [7, 11) is 0. The highest BCUT2D eigenvalue weighted by Gasteiger charge is 2.13. The fraction of sp³-hybridized carbons (Fsp3) is 0.200. The first kappa shape index (κ1) is 13.1. The van der Waals surface area contributed by atoms with E-state index in [1.807, 2.05) is 54.6 Å². The molecular formula is C15H15NO3. The van der Waals surface area contributed by atoms with E-state index in [-0.39, 0.29) is 11.5 Å². The Labute approximate surface area is 111 Å². The Bertz CT molecular complexity index is 537. The lowest BCUT2D eigenvalue weighted by Crippen LogP contribution is -2.23. The van der Waals surface area contributed by atoms with Gasteiger partial charge >= 0.3 is 0 Å². The first-order chi connectivity index (χ1) is 9.16. The van der Waals surface area contributed by atoms with Gasteiger partial charge in [0.2, 0.25) is 6.04 Å². The highest BCUT2D eigenvalue weighted by atomic mass is 16.6. The lowest BCUT2D eigenvalue weighted by molar-refractivity contribution is -0.520. The zero-order chi connectivity index (χ0) is 13.7. The molecule has 0 aliphatic rings. The molecular weight excluding hydrogens is 242 g/mol. The minimum atomic E-state index is -0.700. The topological polar surface area (TPSA) is 52.4 Å². The summed E-state index contributed by atoms with van der Waals surface area (Å²) in [6, 6.07) is 16.9. The van der Waals surface area contributed by atoms with E-state index < -0.39 is 6.04 Å². The molecule has 4 nitrogen and oxygen atoms in total. The van der Waals surface area contributed by atoms with Crippen molar-refractivity contribution >= 4 is 0 Å². The molecule has 1 atom stereocenters. The van der Waals surface area contributed by atoms with Crippen LogP contribution in [0.4, 0.5) is 0 Å². The summed E-state index contributed by atoms with van der Waals surface area (Å²) < 4.78 is 5.38. The first-order valence-corrected chi connectivity index (χ1v) is 6.08. The van der Waals surface area contributed by atoms with Crippen molar-refractivity contribution in [2.24, 2.45) is 0 Å². The number of hydrogen-bond donors (Lipinski definition) is 0. The molecule has 0 saturated heterocycles. The second-order valence-electron chi connectivity index (χ2n) is 4.34. The molecule has 2 aromatic rings. The van der Waals surface area contributed by atoms with Crippen LogP contribution in [0.2, 0.25) is 0 Å². The van der Waals surface area contributed by atoms with Crippen molar-refractivity contribution in [1.29, 1.82) is 0 Å². The molecule has 0 fully saturated rings. The van der Waals surface area contributed by atoms with E-state index in [2.05, 4.69) is 0 Å². The van der Waals surface area contributed by atoms with E-state index in [4.69, 9.17) is 4.74 Å². The van der Waals surface area contributed by atoms with E-state index >= 15 is 0 Å². The van der Waals surface area contributed by atoms with Gasteiger partial charge in [-0.2, -0.15) is 0 Å². The molecule has 0 aliphatic heterocycles. The third-order valence-corrected chi connectivity index (χ3v) is 2.81. The standard InChI is InChI=1S/C15H15NO3/c1-12(16(17)18)11-19-15-9-7-14(8-10-15)13-5-3-2-4-6-13/h2-10,12H,11H2,1H3. The van der Waals surface area contributed by atoms with Gasteiger partial charge in [-0.1, -0.05) is 42.5 Å². The average Bonchev–Trinajstić information content (AvgIpc) is 2.46. The largest absolute Gasteiger partial charge is 0.486 e. The fourth-order valence-electron chi connectivity index (χ4n) is 1.65. The third-order valence-electron chi connectivity index (χ3n) is 2.81. The summed E-state index contributed by atoms with van der Waals surface area (Å²) in [5.41, 5.74) is 2.22. The normalized spacial score (nSPS) is 11.8. The number of benzene rings is 2. The Balaban J connectivity index is 2.01. The molecule has 0 amide bonds. The van der Waals surface area contributed by atoms with Gasteiger partial charge in [0.25, 0.3) is 0 Å². The van der Waals surface area contributed by atoms with Crippen LogP contribution >= 0.6 is 0 Å². The smallest absolute Gasteiger partial charge is 0.243 e. The zero-order valence-electron chi connectivity index (χ0n) is 10.7. The highest BCUT2D eigenvalue weighted by molar-refractivity contribution is 5.63. The van der Waals surface area contributed by atoms with Gasteiger partial charge in [-0.25, -0.2) is 0 Å². The van der Waals surface area contributed by atoms with Gasteiger partial charge in [0.1, 0.15) is 5.75 Å². The maximum Gasteiger partial charge on any atom is 0.243 e. The highest BCUT2D eigenvalue weighted by Crippen LogP contribution is 2.22. The predicted octanol–water partition coefficient (Wildman–Crippen LogP) is 3.40. The first-order valence-electron chi connectivity index (χ1n) is 6.08.